The Bertz CT molecular complexity index is 555. The summed E-state index contributed by atoms with van der Waals surface area (Å²) in [5.41, 5.74) is -0.824. The molecular formula is C15H19F2NO4. The van der Waals surface area contributed by atoms with Gasteiger partial charge in [-0.15, -0.1) is 0 Å². The highest BCUT2D eigenvalue weighted by atomic mass is 19.2. The van der Waals surface area contributed by atoms with Gasteiger partial charge >= 0.3 is 12.1 Å². The molecule has 0 atom stereocenters. The lowest BCUT2D eigenvalue weighted by molar-refractivity contribution is -0.137. The topological polar surface area (TPSA) is 66.8 Å². The van der Waals surface area contributed by atoms with E-state index >= 15 is 0 Å². The van der Waals surface area contributed by atoms with Crippen molar-refractivity contribution in [3.05, 3.63) is 35.4 Å². The van der Waals surface area contributed by atoms with Crippen LogP contribution in [0.1, 0.15) is 32.8 Å². The third-order valence-corrected chi connectivity index (χ3v) is 2.64. The molecule has 1 N–H and O–H groups in total. The fourth-order valence-electron chi connectivity index (χ4n) is 1.67. The Morgan fingerprint density at radius 2 is 1.91 bits per heavy atom. The van der Waals surface area contributed by atoms with E-state index in [0.29, 0.717) is 0 Å². The molecule has 0 saturated carbocycles. The van der Waals surface area contributed by atoms with Crippen molar-refractivity contribution in [3.63, 3.8) is 0 Å². The quantitative estimate of drug-likeness (QED) is 0.906. The van der Waals surface area contributed by atoms with Crippen LogP contribution >= 0.6 is 0 Å². The second-order valence-corrected chi connectivity index (χ2v) is 5.76. The number of carbonyl (C=O) groups is 2. The smallest absolute Gasteiger partial charge is 0.410 e. The predicted molar refractivity (Wildman–Crippen MR) is 75.3 cm³/mol. The number of aliphatic carboxylic acids is 1. The maximum Gasteiger partial charge on any atom is 0.410 e. The number of nitrogens with zero attached hydrogens (tertiary/aromatic N) is 1. The lowest BCUT2D eigenvalue weighted by Crippen LogP contribution is -2.37. The number of amides is 1. The molecule has 1 aromatic carbocycles. The van der Waals surface area contributed by atoms with Crippen molar-refractivity contribution in [1.82, 2.24) is 4.90 Å². The van der Waals surface area contributed by atoms with Gasteiger partial charge in [0.25, 0.3) is 0 Å². The summed E-state index contributed by atoms with van der Waals surface area (Å²) in [6, 6.07) is 3.61. The van der Waals surface area contributed by atoms with Gasteiger partial charge in [0.05, 0.1) is 13.0 Å². The molecule has 0 radical (unpaired) electrons. The zero-order valence-corrected chi connectivity index (χ0v) is 12.7. The van der Waals surface area contributed by atoms with Gasteiger partial charge in [0.15, 0.2) is 11.6 Å². The Morgan fingerprint density at radius 3 is 2.45 bits per heavy atom. The van der Waals surface area contributed by atoms with Gasteiger partial charge in [-0.25, -0.2) is 13.6 Å². The summed E-state index contributed by atoms with van der Waals surface area (Å²) in [7, 11) is 0. The van der Waals surface area contributed by atoms with Crippen LogP contribution < -0.4 is 0 Å². The molecule has 1 aromatic rings. The molecule has 1 amide bonds. The van der Waals surface area contributed by atoms with E-state index in [1.54, 1.807) is 20.8 Å². The van der Waals surface area contributed by atoms with Crippen LogP contribution in [0.2, 0.25) is 0 Å². The van der Waals surface area contributed by atoms with Crippen molar-refractivity contribution in [3.8, 4) is 0 Å². The molecule has 0 bridgehead atoms. The molecule has 0 aromatic heterocycles. The van der Waals surface area contributed by atoms with Gasteiger partial charge in [-0.3, -0.25) is 4.79 Å². The first-order valence-electron chi connectivity index (χ1n) is 6.73. The van der Waals surface area contributed by atoms with Gasteiger partial charge in [0, 0.05) is 12.1 Å². The summed E-state index contributed by atoms with van der Waals surface area (Å²) >= 11 is 0. The van der Waals surface area contributed by atoms with E-state index in [1.165, 1.54) is 12.1 Å². The maximum atomic E-state index is 13.7. The molecule has 5 nitrogen and oxygen atoms in total. The molecule has 0 aliphatic rings. The molecule has 122 valence electrons. The Kier molecular flexibility index (Phi) is 5.84. The van der Waals surface area contributed by atoms with Crippen molar-refractivity contribution in [1.29, 1.82) is 0 Å². The van der Waals surface area contributed by atoms with Crippen LogP contribution in [-0.4, -0.2) is 34.2 Å². The minimum atomic E-state index is -1.10. The SMILES string of the molecule is CC(C)(C)OC(=O)N(CCC(=O)O)Cc1cccc(F)c1F. The standard InChI is InChI=1S/C15H19F2NO4/c1-15(2,3)22-14(21)18(8-7-12(19)20)9-10-5-4-6-11(16)13(10)17/h4-6H,7-9H2,1-3H3,(H,19,20). The van der Waals surface area contributed by atoms with Crippen LogP contribution in [-0.2, 0) is 16.1 Å². The molecule has 0 unspecified atom stereocenters. The normalized spacial score (nSPS) is 11.1. The highest BCUT2D eigenvalue weighted by molar-refractivity contribution is 5.71. The number of hydrogen-bond donors (Lipinski definition) is 1. The molecule has 0 heterocycles. The third kappa shape index (κ3) is 5.67. The Balaban J connectivity index is 2.92. The lowest BCUT2D eigenvalue weighted by Gasteiger charge is -2.27. The average molecular weight is 315 g/mol. The first kappa shape index (κ1) is 17.9. The van der Waals surface area contributed by atoms with Gasteiger partial charge in [-0.05, 0) is 26.8 Å². The first-order valence-corrected chi connectivity index (χ1v) is 6.73. The molecular weight excluding hydrogens is 296 g/mol. The van der Waals surface area contributed by atoms with Gasteiger partial charge in [-0.2, -0.15) is 0 Å². The highest BCUT2D eigenvalue weighted by Gasteiger charge is 2.24. The van der Waals surface area contributed by atoms with Crippen molar-refractivity contribution < 1.29 is 28.2 Å². The molecule has 7 heteroatoms. The van der Waals surface area contributed by atoms with Crippen molar-refractivity contribution in [2.75, 3.05) is 6.54 Å². The van der Waals surface area contributed by atoms with E-state index in [1.807, 2.05) is 0 Å². The van der Waals surface area contributed by atoms with E-state index in [0.717, 1.165) is 11.0 Å². The second-order valence-electron chi connectivity index (χ2n) is 5.76. The summed E-state index contributed by atoms with van der Waals surface area (Å²) in [5.74, 6) is -3.19. The lowest BCUT2D eigenvalue weighted by atomic mass is 10.2. The number of halogens is 2. The fourth-order valence-corrected chi connectivity index (χ4v) is 1.67. The number of carbonyl (C=O) groups excluding carboxylic acids is 1. The summed E-state index contributed by atoms with van der Waals surface area (Å²) in [5, 5.41) is 8.73. The maximum absolute atomic E-state index is 13.7. The van der Waals surface area contributed by atoms with Gasteiger partial charge in [0.2, 0.25) is 0 Å². The summed E-state index contributed by atoms with van der Waals surface area (Å²) in [4.78, 5) is 23.8. The average Bonchev–Trinajstić information content (AvgIpc) is 2.36. The Hall–Kier alpha value is -2.18. The summed E-state index contributed by atoms with van der Waals surface area (Å²) in [6.45, 7) is 4.53. The fraction of sp³-hybridized carbons (Fsp3) is 0.467. The predicted octanol–water partition coefficient (Wildman–Crippen LogP) is 3.18. The molecule has 1 rings (SSSR count). The largest absolute Gasteiger partial charge is 0.481 e. The van der Waals surface area contributed by atoms with Crippen LogP contribution in [0.5, 0.6) is 0 Å². The Labute approximate surface area is 127 Å². The van der Waals surface area contributed by atoms with E-state index in [9.17, 15) is 18.4 Å². The highest BCUT2D eigenvalue weighted by Crippen LogP contribution is 2.17. The minimum absolute atomic E-state index is 0.0451. The number of ether oxygens (including phenoxy) is 1. The van der Waals surface area contributed by atoms with Crippen LogP contribution in [0.3, 0.4) is 0 Å². The van der Waals surface area contributed by atoms with Crippen molar-refractivity contribution >= 4 is 12.1 Å². The number of hydrogen-bond acceptors (Lipinski definition) is 3. The van der Waals surface area contributed by atoms with Crippen LogP contribution in [0.4, 0.5) is 13.6 Å². The van der Waals surface area contributed by atoms with E-state index in [-0.39, 0.29) is 25.1 Å². The van der Waals surface area contributed by atoms with E-state index in [4.69, 9.17) is 9.84 Å². The molecule has 0 fully saturated rings. The zero-order chi connectivity index (χ0) is 16.9. The van der Waals surface area contributed by atoms with Gasteiger partial charge < -0.3 is 14.7 Å². The first-order chi connectivity index (χ1) is 10.1. The van der Waals surface area contributed by atoms with Crippen LogP contribution in [0, 0.1) is 11.6 Å². The van der Waals surface area contributed by atoms with Crippen molar-refractivity contribution in [2.45, 2.75) is 39.3 Å². The van der Waals surface area contributed by atoms with E-state index in [2.05, 4.69) is 0 Å². The Morgan fingerprint density at radius 1 is 1.27 bits per heavy atom. The summed E-state index contributed by atoms with van der Waals surface area (Å²) in [6.07, 6.45) is -1.10. The number of rotatable bonds is 5. The van der Waals surface area contributed by atoms with Crippen molar-refractivity contribution in [2.24, 2.45) is 0 Å². The summed E-state index contributed by atoms with van der Waals surface area (Å²) < 4.78 is 32.1. The number of carboxylic acid groups (broad SMARTS) is 1. The number of benzene rings is 1. The second kappa shape index (κ2) is 7.20. The molecule has 22 heavy (non-hydrogen) atoms. The third-order valence-electron chi connectivity index (χ3n) is 2.64. The van der Waals surface area contributed by atoms with Crippen LogP contribution in [0.15, 0.2) is 18.2 Å². The van der Waals surface area contributed by atoms with Gasteiger partial charge in [0.1, 0.15) is 5.60 Å². The van der Waals surface area contributed by atoms with E-state index < -0.39 is 29.3 Å². The molecule has 0 spiro atoms. The van der Waals surface area contributed by atoms with Gasteiger partial charge in [-0.1, -0.05) is 12.1 Å². The minimum Gasteiger partial charge on any atom is -0.481 e. The van der Waals surface area contributed by atoms with Crippen LogP contribution in [0.25, 0.3) is 0 Å². The molecule has 0 aliphatic carbocycles. The molecule has 0 aliphatic heterocycles. The monoisotopic (exact) mass is 315 g/mol. The zero-order valence-electron chi connectivity index (χ0n) is 12.7. The molecule has 0 saturated heterocycles. The number of carboxylic acids is 1.